The Morgan fingerprint density at radius 1 is 1.61 bits per heavy atom. The van der Waals surface area contributed by atoms with E-state index in [2.05, 4.69) is 16.8 Å². The fourth-order valence-corrected chi connectivity index (χ4v) is 2.62. The SMILES string of the molecule is OC(CNCc1cccs1)COCC1CCCO1. The average molecular weight is 271 g/mol. The molecule has 0 aliphatic carbocycles. The predicted molar refractivity (Wildman–Crippen MR) is 71.8 cm³/mol. The van der Waals surface area contributed by atoms with Crippen molar-refractivity contribution in [3.63, 3.8) is 0 Å². The minimum atomic E-state index is -0.452. The molecule has 102 valence electrons. The van der Waals surface area contributed by atoms with Crippen molar-refractivity contribution >= 4 is 11.3 Å². The first kappa shape index (κ1) is 14.0. The van der Waals surface area contributed by atoms with Crippen LogP contribution in [-0.2, 0) is 16.0 Å². The van der Waals surface area contributed by atoms with Crippen LogP contribution in [0.5, 0.6) is 0 Å². The van der Waals surface area contributed by atoms with Crippen LogP contribution in [0.3, 0.4) is 0 Å². The van der Waals surface area contributed by atoms with Gasteiger partial charge < -0.3 is 19.9 Å². The van der Waals surface area contributed by atoms with E-state index in [1.807, 2.05) is 6.07 Å². The minimum Gasteiger partial charge on any atom is -0.389 e. The largest absolute Gasteiger partial charge is 0.389 e. The number of aliphatic hydroxyl groups is 1. The van der Waals surface area contributed by atoms with E-state index in [1.54, 1.807) is 11.3 Å². The molecule has 1 fully saturated rings. The Kier molecular flexibility index (Phi) is 6.10. The van der Waals surface area contributed by atoms with Gasteiger partial charge in [-0.3, -0.25) is 0 Å². The molecule has 18 heavy (non-hydrogen) atoms. The Morgan fingerprint density at radius 3 is 3.28 bits per heavy atom. The third-order valence-electron chi connectivity index (χ3n) is 2.90. The summed E-state index contributed by atoms with van der Waals surface area (Å²) in [6.45, 7) is 3.18. The second-order valence-corrected chi connectivity index (χ2v) is 5.57. The number of hydrogen-bond donors (Lipinski definition) is 2. The van der Waals surface area contributed by atoms with Crippen molar-refractivity contribution < 1.29 is 14.6 Å². The Labute approximate surface area is 112 Å². The first-order valence-electron chi connectivity index (χ1n) is 6.45. The molecule has 2 N–H and O–H groups in total. The third-order valence-corrected chi connectivity index (χ3v) is 3.77. The monoisotopic (exact) mass is 271 g/mol. The van der Waals surface area contributed by atoms with E-state index in [0.717, 1.165) is 26.0 Å². The summed E-state index contributed by atoms with van der Waals surface area (Å²) in [7, 11) is 0. The highest BCUT2D eigenvalue weighted by Gasteiger charge is 2.15. The van der Waals surface area contributed by atoms with Gasteiger partial charge in [-0.2, -0.15) is 0 Å². The fourth-order valence-electron chi connectivity index (χ4n) is 1.95. The van der Waals surface area contributed by atoms with Crippen LogP contribution in [0.25, 0.3) is 0 Å². The molecule has 2 rings (SSSR count). The van der Waals surface area contributed by atoms with Crippen LogP contribution < -0.4 is 5.32 Å². The molecule has 1 aromatic rings. The topological polar surface area (TPSA) is 50.7 Å². The van der Waals surface area contributed by atoms with Gasteiger partial charge in [-0.05, 0) is 24.3 Å². The number of nitrogens with one attached hydrogen (secondary N) is 1. The molecular formula is C13H21NO3S. The summed E-state index contributed by atoms with van der Waals surface area (Å²) in [6.07, 6.45) is 1.98. The number of thiophene rings is 1. The van der Waals surface area contributed by atoms with Gasteiger partial charge in [0.25, 0.3) is 0 Å². The van der Waals surface area contributed by atoms with Gasteiger partial charge in [-0.25, -0.2) is 0 Å². The van der Waals surface area contributed by atoms with Crippen LogP contribution in [0.1, 0.15) is 17.7 Å². The zero-order valence-corrected chi connectivity index (χ0v) is 11.3. The van der Waals surface area contributed by atoms with Crippen molar-refractivity contribution in [2.24, 2.45) is 0 Å². The molecular weight excluding hydrogens is 250 g/mol. The highest BCUT2D eigenvalue weighted by Crippen LogP contribution is 2.12. The van der Waals surface area contributed by atoms with Gasteiger partial charge in [0.1, 0.15) is 0 Å². The van der Waals surface area contributed by atoms with E-state index >= 15 is 0 Å². The van der Waals surface area contributed by atoms with Gasteiger partial charge in [0, 0.05) is 24.6 Å². The normalized spacial score (nSPS) is 21.3. The average Bonchev–Trinajstić information content (AvgIpc) is 3.01. The van der Waals surface area contributed by atoms with E-state index in [-0.39, 0.29) is 6.10 Å². The first-order chi connectivity index (χ1) is 8.84. The van der Waals surface area contributed by atoms with Gasteiger partial charge >= 0.3 is 0 Å². The summed E-state index contributed by atoms with van der Waals surface area (Å²) in [5.74, 6) is 0. The van der Waals surface area contributed by atoms with Crippen LogP contribution in [0, 0.1) is 0 Å². The molecule has 1 aliphatic rings. The fraction of sp³-hybridized carbons (Fsp3) is 0.692. The molecule has 1 aromatic heterocycles. The van der Waals surface area contributed by atoms with Crippen LogP contribution >= 0.6 is 11.3 Å². The lowest BCUT2D eigenvalue weighted by molar-refractivity contribution is -0.0164. The molecule has 4 nitrogen and oxygen atoms in total. The van der Waals surface area contributed by atoms with Crippen LogP contribution in [0.4, 0.5) is 0 Å². The van der Waals surface area contributed by atoms with E-state index in [0.29, 0.717) is 19.8 Å². The molecule has 0 aromatic carbocycles. The van der Waals surface area contributed by atoms with Crippen molar-refractivity contribution in [3.8, 4) is 0 Å². The molecule has 1 aliphatic heterocycles. The maximum atomic E-state index is 9.73. The Balaban J connectivity index is 1.48. The molecule has 1 saturated heterocycles. The number of ether oxygens (including phenoxy) is 2. The number of hydrogen-bond acceptors (Lipinski definition) is 5. The van der Waals surface area contributed by atoms with E-state index in [4.69, 9.17) is 9.47 Å². The van der Waals surface area contributed by atoms with Gasteiger partial charge in [0.2, 0.25) is 0 Å². The third kappa shape index (κ3) is 5.04. The Morgan fingerprint density at radius 2 is 2.56 bits per heavy atom. The van der Waals surface area contributed by atoms with E-state index < -0.39 is 6.10 Å². The van der Waals surface area contributed by atoms with Crippen LogP contribution in [-0.4, -0.2) is 43.7 Å². The molecule has 0 saturated carbocycles. The quantitative estimate of drug-likeness (QED) is 0.750. The summed E-state index contributed by atoms with van der Waals surface area (Å²) >= 11 is 1.72. The van der Waals surface area contributed by atoms with Crippen molar-refractivity contribution in [3.05, 3.63) is 22.4 Å². The lowest BCUT2D eigenvalue weighted by Crippen LogP contribution is -2.31. The lowest BCUT2D eigenvalue weighted by atomic mass is 10.2. The maximum absolute atomic E-state index is 9.73. The Hall–Kier alpha value is -0.460. The maximum Gasteiger partial charge on any atom is 0.0897 e. The molecule has 0 radical (unpaired) electrons. The molecule has 2 atom stereocenters. The Bertz CT molecular complexity index is 312. The van der Waals surface area contributed by atoms with Crippen molar-refractivity contribution in [1.29, 1.82) is 0 Å². The standard InChI is InChI=1S/C13H21NO3S/c15-11(7-14-8-13-4-2-6-18-13)9-16-10-12-3-1-5-17-12/h2,4,6,11-12,14-15H,1,3,5,7-10H2. The minimum absolute atomic E-state index is 0.233. The van der Waals surface area contributed by atoms with Crippen molar-refractivity contribution in [1.82, 2.24) is 5.32 Å². The summed E-state index contributed by atoms with van der Waals surface area (Å²) in [5, 5.41) is 15.0. The number of aliphatic hydroxyl groups excluding tert-OH is 1. The van der Waals surface area contributed by atoms with Gasteiger partial charge in [-0.15, -0.1) is 11.3 Å². The van der Waals surface area contributed by atoms with Gasteiger partial charge in [0.15, 0.2) is 0 Å². The summed E-state index contributed by atoms with van der Waals surface area (Å²) in [6, 6.07) is 4.11. The zero-order valence-electron chi connectivity index (χ0n) is 10.5. The summed E-state index contributed by atoms with van der Waals surface area (Å²) in [4.78, 5) is 1.28. The molecule has 0 amide bonds. The molecule has 5 heteroatoms. The second-order valence-electron chi connectivity index (χ2n) is 4.54. The highest BCUT2D eigenvalue weighted by molar-refractivity contribution is 7.09. The smallest absolute Gasteiger partial charge is 0.0897 e. The molecule has 2 heterocycles. The summed E-state index contributed by atoms with van der Waals surface area (Å²) < 4.78 is 10.9. The summed E-state index contributed by atoms with van der Waals surface area (Å²) in [5.41, 5.74) is 0. The molecule has 0 bridgehead atoms. The number of rotatable bonds is 8. The first-order valence-corrected chi connectivity index (χ1v) is 7.33. The lowest BCUT2D eigenvalue weighted by Gasteiger charge is -2.14. The van der Waals surface area contributed by atoms with E-state index in [9.17, 15) is 5.11 Å². The van der Waals surface area contributed by atoms with Crippen LogP contribution in [0.15, 0.2) is 17.5 Å². The molecule has 2 unspecified atom stereocenters. The van der Waals surface area contributed by atoms with Crippen molar-refractivity contribution in [2.75, 3.05) is 26.4 Å². The van der Waals surface area contributed by atoms with Gasteiger partial charge in [0.05, 0.1) is 25.4 Å². The predicted octanol–water partition coefficient (Wildman–Crippen LogP) is 1.39. The van der Waals surface area contributed by atoms with E-state index in [1.165, 1.54) is 4.88 Å². The molecule has 0 spiro atoms. The van der Waals surface area contributed by atoms with Crippen LogP contribution in [0.2, 0.25) is 0 Å². The second kappa shape index (κ2) is 7.86. The zero-order chi connectivity index (χ0) is 12.6. The van der Waals surface area contributed by atoms with Gasteiger partial charge in [-0.1, -0.05) is 6.07 Å². The van der Waals surface area contributed by atoms with Crippen molar-refractivity contribution in [2.45, 2.75) is 31.6 Å². The highest BCUT2D eigenvalue weighted by atomic mass is 32.1.